The quantitative estimate of drug-likeness (QED) is 0.530. The van der Waals surface area contributed by atoms with Gasteiger partial charge < -0.3 is 9.11 Å². The van der Waals surface area contributed by atoms with Gasteiger partial charge >= 0.3 is 9.26 Å². The smallest absolute Gasteiger partial charge is 0.305 e. The van der Waals surface area contributed by atoms with Gasteiger partial charge in [0.1, 0.15) is 0 Å². The molecule has 0 aliphatic rings. The first-order valence-electron chi connectivity index (χ1n) is 1.53. The van der Waals surface area contributed by atoms with Crippen molar-refractivity contribution in [1.82, 2.24) is 0 Å². The molecule has 10 heteroatoms. The number of rotatable bonds is 0. The summed E-state index contributed by atoms with van der Waals surface area (Å²) < 4.78 is 56.0. The zero-order chi connectivity index (χ0) is 8.31. The van der Waals surface area contributed by atoms with Crippen LogP contribution in [0.5, 0.6) is 0 Å². The normalized spacial score (nSPS) is 9.50. The molecule has 0 aromatic rings. The second-order valence-corrected chi connectivity index (χ2v) is 9.14. The van der Waals surface area contributed by atoms with Crippen LogP contribution in [0.2, 0.25) is 0 Å². The van der Waals surface area contributed by atoms with E-state index in [-0.39, 0.29) is 0 Å². The Labute approximate surface area is 61.2 Å². The number of hydrogen-bond donors (Lipinski definition) is 2. The molecule has 0 aromatic carbocycles. The van der Waals surface area contributed by atoms with Crippen molar-refractivity contribution in [3.05, 3.63) is 0 Å². The van der Waals surface area contributed by atoms with E-state index in [1.807, 2.05) is 0 Å². The van der Waals surface area contributed by atoms with Crippen molar-refractivity contribution < 1.29 is 25.9 Å². The zero-order valence-electron chi connectivity index (χ0n) is 4.16. The van der Waals surface area contributed by atoms with Crippen molar-refractivity contribution in [1.29, 1.82) is 0 Å². The van der Waals surface area contributed by atoms with Gasteiger partial charge in [-0.3, -0.25) is 0 Å². The molecule has 0 fully saturated rings. The Morgan fingerprint density at radius 1 is 0.800 bits per heavy atom. The SMILES string of the molecule is O=S(=O)=S(=O)=S(=O)=S(O)O. The van der Waals surface area contributed by atoms with Crippen LogP contribution in [0.3, 0.4) is 0 Å². The summed E-state index contributed by atoms with van der Waals surface area (Å²) >= 11 is 0. The predicted molar refractivity (Wildman–Crippen MR) is 37.8 cm³/mol. The first kappa shape index (κ1) is 10.1. The van der Waals surface area contributed by atoms with Gasteiger partial charge in [0, 0.05) is 0 Å². The summed E-state index contributed by atoms with van der Waals surface area (Å²) in [5.41, 5.74) is 0. The van der Waals surface area contributed by atoms with Gasteiger partial charge in [-0.2, -0.15) is 12.6 Å². The molecule has 0 aliphatic carbocycles. The Bertz CT molecular complexity index is 456. The van der Waals surface area contributed by atoms with Gasteiger partial charge in [0.25, 0.3) is 0 Å². The molecule has 0 radical (unpaired) electrons. The maximum absolute atomic E-state index is 10.2. The molecule has 6 nitrogen and oxygen atoms in total. The van der Waals surface area contributed by atoms with Crippen LogP contribution in [0, 0.1) is 0 Å². The molecular weight excluding hydrogens is 224 g/mol. The Morgan fingerprint density at radius 2 is 1.20 bits per heavy atom. The molecule has 0 saturated carbocycles. The average Bonchev–Trinajstić information content (AvgIpc) is 1.84. The Kier molecular flexibility index (Phi) is 4.15. The fourth-order valence-corrected chi connectivity index (χ4v) is 5.13. The molecule has 62 valence electrons. The monoisotopic (exact) mass is 226 g/mol. The van der Waals surface area contributed by atoms with E-state index in [4.69, 9.17) is 9.11 Å². The van der Waals surface area contributed by atoms with Crippen molar-refractivity contribution in [3.8, 4) is 0 Å². The van der Waals surface area contributed by atoms with Crippen LogP contribution in [0.15, 0.2) is 0 Å². The molecule has 0 rings (SSSR count). The lowest BCUT2D eigenvalue weighted by molar-refractivity contribution is 0.528. The van der Waals surface area contributed by atoms with Gasteiger partial charge in [-0.1, -0.05) is 0 Å². The molecule has 0 spiro atoms. The van der Waals surface area contributed by atoms with E-state index in [1.165, 1.54) is 0 Å². The van der Waals surface area contributed by atoms with E-state index in [0.717, 1.165) is 0 Å². The third-order valence-corrected chi connectivity index (χ3v) is 8.19. The Balaban J connectivity index is 6.81. The molecule has 0 amide bonds. The summed E-state index contributed by atoms with van der Waals surface area (Å²) in [6.07, 6.45) is 0. The Morgan fingerprint density at radius 3 is 1.30 bits per heavy atom. The van der Waals surface area contributed by atoms with Gasteiger partial charge in [0.15, 0.2) is 17.9 Å². The Hall–Kier alpha value is 0.130. The molecule has 0 atom stereocenters. The highest BCUT2D eigenvalue weighted by molar-refractivity contribution is 8.61. The van der Waals surface area contributed by atoms with Gasteiger partial charge in [-0.15, -0.1) is 0 Å². The summed E-state index contributed by atoms with van der Waals surface area (Å²) in [6, 6.07) is 0. The summed E-state index contributed by atoms with van der Waals surface area (Å²) in [5.74, 6) is 0. The first-order chi connectivity index (χ1) is 4.46. The van der Waals surface area contributed by atoms with E-state index >= 15 is 0 Å². The maximum Gasteiger partial charge on any atom is 0.311 e. The van der Waals surface area contributed by atoms with E-state index < -0.39 is 35.1 Å². The molecule has 10 heavy (non-hydrogen) atoms. The van der Waals surface area contributed by atoms with Crippen LogP contribution in [0.4, 0.5) is 0 Å². The molecule has 0 heterocycles. The summed E-state index contributed by atoms with van der Waals surface area (Å²) in [5, 5.41) is 0. The van der Waals surface area contributed by atoms with Crippen LogP contribution in [-0.4, -0.2) is 25.9 Å². The van der Waals surface area contributed by atoms with Crippen molar-refractivity contribution >= 4 is 35.1 Å². The molecule has 2 N–H and O–H groups in total. The minimum Gasteiger partial charge on any atom is -0.305 e. The molecule has 0 aliphatic heterocycles. The maximum atomic E-state index is 10.2. The summed E-state index contributed by atoms with van der Waals surface area (Å²) in [6.45, 7) is 0. The number of hydrogen-bond acceptors (Lipinski definition) is 4. The predicted octanol–water partition coefficient (Wildman–Crippen LogP) is -1.33. The fraction of sp³-hybridized carbons (Fsp3) is 0. The van der Waals surface area contributed by atoms with E-state index in [0.29, 0.717) is 0 Å². The summed E-state index contributed by atoms with van der Waals surface area (Å²) in [4.78, 5) is 0. The molecular formula is H2O6S4. The van der Waals surface area contributed by atoms with Crippen LogP contribution in [-0.2, 0) is 35.1 Å². The minimum absolute atomic E-state index is 2.63. The van der Waals surface area contributed by atoms with E-state index in [9.17, 15) is 16.8 Å². The standard InChI is InChI=1S/H2O6S4/c1-7(2)9(5)10(6)8(3)4/h1-2H. The highest BCUT2D eigenvalue weighted by atomic mass is 33.3. The molecule has 0 bridgehead atoms. The van der Waals surface area contributed by atoms with E-state index in [1.54, 1.807) is 0 Å². The zero-order valence-corrected chi connectivity index (χ0v) is 7.43. The lowest BCUT2D eigenvalue weighted by Gasteiger charge is -1.70. The fourth-order valence-electron chi connectivity index (χ4n) is 0.0951. The van der Waals surface area contributed by atoms with E-state index in [2.05, 4.69) is 0 Å². The van der Waals surface area contributed by atoms with Crippen molar-refractivity contribution in [2.45, 2.75) is 0 Å². The van der Waals surface area contributed by atoms with Crippen molar-refractivity contribution in [2.75, 3.05) is 0 Å². The third-order valence-electron chi connectivity index (χ3n) is 0.344. The third kappa shape index (κ3) is 2.81. The van der Waals surface area contributed by atoms with Gasteiger partial charge in [-0.25, -0.2) is 4.21 Å². The topological polar surface area (TPSA) is 109 Å². The molecule has 0 saturated heterocycles. The van der Waals surface area contributed by atoms with Crippen LogP contribution >= 0.6 is 0 Å². The van der Waals surface area contributed by atoms with Crippen molar-refractivity contribution in [2.24, 2.45) is 0 Å². The first-order valence-corrected chi connectivity index (χ1v) is 7.60. The van der Waals surface area contributed by atoms with Gasteiger partial charge in [0.2, 0.25) is 7.92 Å². The molecule has 0 unspecified atom stereocenters. The largest absolute Gasteiger partial charge is 0.311 e. The highest BCUT2D eigenvalue weighted by Crippen LogP contribution is 1.64. The lowest BCUT2D eigenvalue weighted by Crippen LogP contribution is -1.81. The van der Waals surface area contributed by atoms with Gasteiger partial charge in [-0.05, 0) is 0 Å². The van der Waals surface area contributed by atoms with Gasteiger partial charge in [0.05, 0.1) is 0 Å². The lowest BCUT2D eigenvalue weighted by atomic mass is 15.9. The molecule has 0 aromatic heterocycles. The average molecular weight is 226 g/mol. The highest BCUT2D eigenvalue weighted by Gasteiger charge is 1.80. The van der Waals surface area contributed by atoms with Crippen LogP contribution in [0.25, 0.3) is 0 Å². The second-order valence-electron chi connectivity index (χ2n) is 0.843. The minimum atomic E-state index is -3.05. The van der Waals surface area contributed by atoms with Crippen LogP contribution in [0.1, 0.15) is 0 Å². The van der Waals surface area contributed by atoms with Crippen LogP contribution < -0.4 is 0 Å². The summed E-state index contributed by atoms with van der Waals surface area (Å²) in [7, 11) is -11.1. The second kappa shape index (κ2) is 4.10. The van der Waals surface area contributed by atoms with Crippen molar-refractivity contribution in [3.63, 3.8) is 0 Å².